The van der Waals surface area contributed by atoms with Crippen molar-refractivity contribution in [3.8, 4) is 0 Å². The molecule has 0 bridgehead atoms. The molecule has 0 aromatic rings. The maximum absolute atomic E-state index is 11.6. The summed E-state index contributed by atoms with van der Waals surface area (Å²) in [7, 11) is 1.64. The van der Waals surface area contributed by atoms with E-state index in [2.05, 4.69) is 34.8 Å². The first-order valence-corrected chi connectivity index (χ1v) is 6.10. The molecule has 0 rings (SSSR count). The Kier molecular flexibility index (Phi) is 10.3. The van der Waals surface area contributed by atoms with Crippen molar-refractivity contribution in [2.75, 3.05) is 20.1 Å². The topological polar surface area (TPSA) is 65.5 Å². The van der Waals surface area contributed by atoms with E-state index in [9.17, 15) is 4.79 Å². The molecular weight excluding hydrogens is 343 g/mol. The van der Waals surface area contributed by atoms with Crippen LogP contribution in [-0.4, -0.2) is 38.0 Å². The van der Waals surface area contributed by atoms with Crippen molar-refractivity contribution in [3.63, 3.8) is 0 Å². The van der Waals surface area contributed by atoms with Gasteiger partial charge in [0.1, 0.15) is 0 Å². The maximum Gasteiger partial charge on any atom is 0.227 e. The highest BCUT2D eigenvalue weighted by atomic mass is 127. The number of carbonyl (C=O) groups is 1. The van der Waals surface area contributed by atoms with Crippen LogP contribution in [0.15, 0.2) is 4.99 Å². The van der Waals surface area contributed by atoms with Crippen molar-refractivity contribution in [1.82, 2.24) is 16.0 Å². The van der Waals surface area contributed by atoms with E-state index in [0.717, 1.165) is 12.5 Å². The number of amides is 1. The third kappa shape index (κ3) is 7.73. The largest absolute Gasteiger partial charge is 0.359 e. The highest BCUT2D eigenvalue weighted by Crippen LogP contribution is 2.15. The highest BCUT2D eigenvalue weighted by molar-refractivity contribution is 14.0. The highest BCUT2D eigenvalue weighted by Gasteiger charge is 2.26. The normalized spacial score (nSPS) is 11.8. The minimum atomic E-state index is -0.492. The third-order valence-electron chi connectivity index (χ3n) is 2.24. The number of hydrogen-bond acceptors (Lipinski definition) is 2. The second-order valence-corrected chi connectivity index (χ2v) is 4.96. The van der Waals surface area contributed by atoms with Gasteiger partial charge in [-0.1, -0.05) is 0 Å². The molecule has 0 atom stereocenters. The molecule has 0 fully saturated rings. The zero-order chi connectivity index (χ0) is 13.5. The van der Waals surface area contributed by atoms with Gasteiger partial charge in [0, 0.05) is 19.6 Å². The lowest BCUT2D eigenvalue weighted by Gasteiger charge is -2.21. The Balaban J connectivity index is 0. The Morgan fingerprint density at radius 3 is 2.28 bits per heavy atom. The molecular formula is C12H27IN4O. The summed E-state index contributed by atoms with van der Waals surface area (Å²) in [6, 6.07) is 0.316. The van der Waals surface area contributed by atoms with Crippen molar-refractivity contribution in [3.05, 3.63) is 0 Å². The third-order valence-corrected chi connectivity index (χ3v) is 2.24. The lowest BCUT2D eigenvalue weighted by Crippen LogP contribution is -2.43. The van der Waals surface area contributed by atoms with Crippen molar-refractivity contribution in [2.45, 2.75) is 40.7 Å². The van der Waals surface area contributed by atoms with Crippen molar-refractivity contribution >= 4 is 35.8 Å². The van der Waals surface area contributed by atoms with Gasteiger partial charge in [0.15, 0.2) is 5.96 Å². The van der Waals surface area contributed by atoms with Crippen molar-refractivity contribution < 1.29 is 4.79 Å². The van der Waals surface area contributed by atoms with Crippen molar-refractivity contribution in [2.24, 2.45) is 10.4 Å². The summed E-state index contributed by atoms with van der Waals surface area (Å²) in [5.41, 5.74) is -0.492. The number of nitrogens with one attached hydrogen (secondary N) is 3. The van der Waals surface area contributed by atoms with E-state index in [-0.39, 0.29) is 29.9 Å². The fourth-order valence-electron chi connectivity index (χ4n) is 1.28. The molecule has 0 aliphatic heterocycles. The average Bonchev–Trinajstić information content (AvgIpc) is 2.24. The molecule has 0 spiro atoms. The molecule has 0 radical (unpaired) electrons. The van der Waals surface area contributed by atoms with Crippen LogP contribution in [0.2, 0.25) is 0 Å². The average molecular weight is 370 g/mol. The minimum absolute atomic E-state index is 0. The van der Waals surface area contributed by atoms with Crippen molar-refractivity contribution in [1.29, 1.82) is 0 Å². The molecule has 6 heteroatoms. The van der Waals surface area contributed by atoms with Gasteiger partial charge in [0.25, 0.3) is 0 Å². The van der Waals surface area contributed by atoms with Crippen LogP contribution < -0.4 is 16.0 Å². The molecule has 0 saturated carbocycles. The molecule has 0 saturated heterocycles. The summed E-state index contributed by atoms with van der Waals surface area (Å²) >= 11 is 0. The number of aliphatic imine (C=N–C) groups is 1. The molecule has 3 N–H and O–H groups in total. The van der Waals surface area contributed by atoms with Crippen LogP contribution in [0.25, 0.3) is 0 Å². The Morgan fingerprint density at radius 1 is 1.33 bits per heavy atom. The number of nitrogens with zero attached hydrogens (tertiary/aromatic N) is 1. The van der Waals surface area contributed by atoms with E-state index in [1.165, 1.54) is 0 Å². The van der Waals surface area contributed by atoms with Crippen LogP contribution in [0.4, 0.5) is 0 Å². The van der Waals surface area contributed by atoms with Crippen LogP contribution in [-0.2, 0) is 4.79 Å². The summed E-state index contributed by atoms with van der Waals surface area (Å²) < 4.78 is 0. The van der Waals surface area contributed by atoms with Gasteiger partial charge in [-0.25, -0.2) is 0 Å². The van der Waals surface area contributed by atoms with Gasteiger partial charge in [-0.2, -0.15) is 0 Å². The first-order chi connectivity index (χ1) is 7.83. The van der Waals surface area contributed by atoms with Gasteiger partial charge in [-0.15, -0.1) is 24.0 Å². The molecule has 0 aliphatic rings. The van der Waals surface area contributed by atoms with Crippen LogP contribution >= 0.6 is 24.0 Å². The fourth-order valence-corrected chi connectivity index (χ4v) is 1.28. The molecule has 108 valence electrons. The van der Waals surface area contributed by atoms with E-state index in [0.29, 0.717) is 12.6 Å². The molecule has 0 aromatic heterocycles. The molecule has 0 unspecified atom stereocenters. The first kappa shape index (κ1) is 19.8. The van der Waals surface area contributed by atoms with E-state index in [4.69, 9.17) is 0 Å². The van der Waals surface area contributed by atoms with Crippen LogP contribution in [0, 0.1) is 5.41 Å². The van der Waals surface area contributed by atoms with E-state index >= 15 is 0 Å². The number of guanidine groups is 1. The van der Waals surface area contributed by atoms with Gasteiger partial charge in [-0.05, 0) is 34.6 Å². The number of hydrogen-bond donors (Lipinski definition) is 3. The summed E-state index contributed by atoms with van der Waals surface area (Å²) in [5.74, 6) is 0.751. The molecule has 18 heavy (non-hydrogen) atoms. The molecule has 0 heterocycles. The second kappa shape index (κ2) is 9.41. The van der Waals surface area contributed by atoms with E-state index in [1.807, 2.05) is 20.8 Å². The SMILES string of the molecule is CCNC(=NCC(C)(C)C(=O)NC)NC(C)C.I. The molecule has 0 aliphatic carbocycles. The number of rotatable bonds is 5. The Hall–Kier alpha value is -0.530. The quantitative estimate of drug-likeness (QED) is 0.389. The molecule has 1 amide bonds. The fraction of sp³-hybridized carbons (Fsp3) is 0.833. The van der Waals surface area contributed by atoms with Crippen LogP contribution in [0.1, 0.15) is 34.6 Å². The minimum Gasteiger partial charge on any atom is -0.359 e. The Bertz CT molecular complexity index is 277. The smallest absolute Gasteiger partial charge is 0.227 e. The van der Waals surface area contributed by atoms with E-state index in [1.54, 1.807) is 7.05 Å². The Morgan fingerprint density at radius 2 is 1.89 bits per heavy atom. The van der Waals surface area contributed by atoms with Gasteiger partial charge in [0.05, 0.1) is 12.0 Å². The van der Waals surface area contributed by atoms with Crippen LogP contribution in [0.5, 0.6) is 0 Å². The van der Waals surface area contributed by atoms with Gasteiger partial charge in [-0.3, -0.25) is 9.79 Å². The van der Waals surface area contributed by atoms with Gasteiger partial charge < -0.3 is 16.0 Å². The lowest BCUT2D eigenvalue weighted by atomic mass is 9.93. The summed E-state index contributed by atoms with van der Waals surface area (Å²) in [6.07, 6.45) is 0. The number of carbonyl (C=O) groups excluding carboxylic acids is 1. The second-order valence-electron chi connectivity index (χ2n) is 4.96. The first-order valence-electron chi connectivity index (χ1n) is 6.10. The summed E-state index contributed by atoms with van der Waals surface area (Å²) in [5, 5.41) is 9.02. The Labute approximate surface area is 128 Å². The standard InChI is InChI=1S/C12H26N4O.HI/c1-7-14-11(16-9(2)3)15-8-12(4,5)10(17)13-6;/h9H,7-8H2,1-6H3,(H,13,17)(H2,14,15,16);1H. The van der Waals surface area contributed by atoms with Gasteiger partial charge >= 0.3 is 0 Å². The zero-order valence-corrected chi connectivity index (χ0v) is 14.6. The van der Waals surface area contributed by atoms with E-state index < -0.39 is 5.41 Å². The van der Waals surface area contributed by atoms with Crippen LogP contribution in [0.3, 0.4) is 0 Å². The summed E-state index contributed by atoms with van der Waals surface area (Å²) in [6.45, 7) is 11.1. The predicted molar refractivity (Wildman–Crippen MR) is 87.5 cm³/mol. The zero-order valence-electron chi connectivity index (χ0n) is 12.3. The molecule has 0 aromatic carbocycles. The predicted octanol–water partition coefficient (Wildman–Crippen LogP) is 1.34. The summed E-state index contributed by atoms with van der Waals surface area (Å²) in [4.78, 5) is 16.0. The molecule has 5 nitrogen and oxygen atoms in total. The lowest BCUT2D eigenvalue weighted by molar-refractivity contribution is -0.128. The monoisotopic (exact) mass is 370 g/mol. The maximum atomic E-state index is 11.6. The number of halogens is 1. The van der Waals surface area contributed by atoms with Gasteiger partial charge in [0.2, 0.25) is 5.91 Å².